The van der Waals surface area contributed by atoms with Crippen molar-refractivity contribution < 1.29 is 4.42 Å². The van der Waals surface area contributed by atoms with Crippen LogP contribution in [0.15, 0.2) is 34.7 Å². The molecule has 0 saturated carbocycles. The summed E-state index contributed by atoms with van der Waals surface area (Å²) >= 11 is 0. The third kappa shape index (κ3) is 3.42. The molecule has 0 spiro atoms. The van der Waals surface area contributed by atoms with Gasteiger partial charge >= 0.3 is 0 Å². The minimum Gasteiger partial charge on any atom is -0.465 e. The molecule has 2 aromatic rings. The summed E-state index contributed by atoms with van der Waals surface area (Å²) in [6.07, 6.45) is 0. The highest BCUT2D eigenvalue weighted by atomic mass is 16.3. The number of aryl methyl sites for hydroxylation is 2. The van der Waals surface area contributed by atoms with Crippen molar-refractivity contribution in [3.8, 4) is 0 Å². The third-order valence-electron chi connectivity index (χ3n) is 3.53. The lowest BCUT2D eigenvalue weighted by molar-refractivity contribution is 0.469. The van der Waals surface area contributed by atoms with Crippen molar-refractivity contribution in [1.29, 1.82) is 0 Å². The van der Waals surface area contributed by atoms with Gasteiger partial charge in [-0.05, 0) is 51.6 Å². The quantitative estimate of drug-likeness (QED) is 0.870. The summed E-state index contributed by atoms with van der Waals surface area (Å²) in [5.41, 5.74) is 3.82. The maximum absolute atomic E-state index is 5.77. The molecular weight excluding hydrogens is 248 g/mol. The number of hydrogen-bond acceptors (Lipinski definition) is 3. The van der Waals surface area contributed by atoms with Crippen LogP contribution in [0.2, 0.25) is 0 Å². The van der Waals surface area contributed by atoms with E-state index >= 15 is 0 Å². The molecule has 1 N–H and O–H groups in total. The van der Waals surface area contributed by atoms with Crippen molar-refractivity contribution in [2.75, 3.05) is 18.5 Å². The lowest BCUT2D eigenvalue weighted by atomic mass is 10.1. The van der Waals surface area contributed by atoms with Crippen molar-refractivity contribution in [2.24, 2.45) is 0 Å². The Morgan fingerprint density at radius 1 is 1.20 bits per heavy atom. The Balaban J connectivity index is 2.18. The summed E-state index contributed by atoms with van der Waals surface area (Å²) in [6.45, 7) is 9.00. The second kappa shape index (κ2) is 6.62. The molecule has 20 heavy (non-hydrogen) atoms. The summed E-state index contributed by atoms with van der Waals surface area (Å²) in [4.78, 5) is 2.37. The van der Waals surface area contributed by atoms with Crippen molar-refractivity contribution >= 4 is 5.69 Å². The predicted octanol–water partition coefficient (Wildman–Crippen LogP) is 3.64. The Morgan fingerprint density at radius 3 is 2.65 bits per heavy atom. The molecule has 0 fully saturated rings. The summed E-state index contributed by atoms with van der Waals surface area (Å²) in [5, 5.41) is 3.12. The number of hydrogen-bond donors (Lipinski definition) is 1. The Kier molecular flexibility index (Phi) is 4.85. The molecule has 108 valence electrons. The van der Waals surface area contributed by atoms with Crippen LogP contribution in [0.3, 0.4) is 0 Å². The Hall–Kier alpha value is -1.74. The van der Waals surface area contributed by atoms with Gasteiger partial charge in [0, 0.05) is 24.3 Å². The maximum Gasteiger partial charge on any atom is 0.118 e. The molecule has 3 heteroatoms. The van der Waals surface area contributed by atoms with Crippen LogP contribution in [-0.2, 0) is 13.1 Å². The molecular formula is C17H24N2O. The highest BCUT2D eigenvalue weighted by molar-refractivity contribution is 5.49. The van der Waals surface area contributed by atoms with Gasteiger partial charge in [-0.2, -0.15) is 0 Å². The first-order chi connectivity index (χ1) is 9.63. The first-order valence-electron chi connectivity index (χ1n) is 7.18. The molecule has 0 bridgehead atoms. The van der Waals surface area contributed by atoms with E-state index in [1.165, 1.54) is 16.8 Å². The molecule has 3 nitrogen and oxygen atoms in total. The number of anilines is 1. The highest BCUT2D eigenvalue weighted by Crippen LogP contribution is 2.22. The van der Waals surface area contributed by atoms with E-state index in [2.05, 4.69) is 54.4 Å². The van der Waals surface area contributed by atoms with Crippen LogP contribution >= 0.6 is 0 Å². The maximum atomic E-state index is 5.77. The molecule has 0 atom stereocenters. The summed E-state index contributed by atoms with van der Waals surface area (Å²) in [5.74, 6) is 2.02. The van der Waals surface area contributed by atoms with Gasteiger partial charge in [0.25, 0.3) is 0 Å². The van der Waals surface area contributed by atoms with Gasteiger partial charge in [-0.25, -0.2) is 0 Å². The summed E-state index contributed by atoms with van der Waals surface area (Å²) < 4.78 is 5.77. The molecule has 0 aliphatic heterocycles. The van der Waals surface area contributed by atoms with E-state index in [4.69, 9.17) is 4.42 Å². The topological polar surface area (TPSA) is 28.4 Å². The van der Waals surface area contributed by atoms with Gasteiger partial charge in [0.15, 0.2) is 0 Å². The van der Waals surface area contributed by atoms with Crippen LogP contribution in [-0.4, -0.2) is 13.6 Å². The molecule has 0 amide bonds. The highest BCUT2D eigenvalue weighted by Gasteiger charge is 2.11. The minimum absolute atomic E-state index is 0.775. The molecule has 2 rings (SSSR count). The molecule has 0 radical (unpaired) electrons. The van der Waals surface area contributed by atoms with Crippen molar-refractivity contribution in [3.63, 3.8) is 0 Å². The summed E-state index contributed by atoms with van der Waals surface area (Å²) in [7, 11) is 1.93. The van der Waals surface area contributed by atoms with Gasteiger partial charge in [0.2, 0.25) is 0 Å². The zero-order chi connectivity index (χ0) is 14.5. The van der Waals surface area contributed by atoms with Crippen LogP contribution in [0.5, 0.6) is 0 Å². The first-order valence-corrected chi connectivity index (χ1v) is 7.18. The Labute approximate surface area is 121 Å². The van der Waals surface area contributed by atoms with Gasteiger partial charge in [-0.3, -0.25) is 0 Å². The van der Waals surface area contributed by atoms with E-state index in [-0.39, 0.29) is 0 Å². The number of benzene rings is 1. The fourth-order valence-corrected chi connectivity index (χ4v) is 2.42. The van der Waals surface area contributed by atoms with E-state index in [1.807, 2.05) is 14.0 Å². The Bertz CT molecular complexity index is 560. The zero-order valence-corrected chi connectivity index (χ0v) is 12.9. The third-order valence-corrected chi connectivity index (χ3v) is 3.53. The smallest absolute Gasteiger partial charge is 0.118 e. The number of rotatable bonds is 6. The van der Waals surface area contributed by atoms with Gasteiger partial charge in [-0.15, -0.1) is 0 Å². The predicted molar refractivity (Wildman–Crippen MR) is 84.1 cm³/mol. The van der Waals surface area contributed by atoms with Crippen LogP contribution in [0.1, 0.15) is 29.6 Å². The van der Waals surface area contributed by atoms with Crippen LogP contribution < -0.4 is 10.2 Å². The zero-order valence-electron chi connectivity index (χ0n) is 12.9. The van der Waals surface area contributed by atoms with Crippen molar-refractivity contribution in [2.45, 2.75) is 33.9 Å². The standard InChI is InChI=1S/C17H24N2O/c1-5-19(16-8-6-7-13(2)9-16)12-15-10-17(11-18-4)20-14(15)3/h6-10,18H,5,11-12H2,1-4H3. The van der Waals surface area contributed by atoms with Gasteiger partial charge in [-0.1, -0.05) is 12.1 Å². The first kappa shape index (κ1) is 14.7. The normalized spacial score (nSPS) is 10.8. The minimum atomic E-state index is 0.775. The average molecular weight is 272 g/mol. The monoisotopic (exact) mass is 272 g/mol. The molecule has 1 aromatic carbocycles. The van der Waals surface area contributed by atoms with Crippen LogP contribution in [0, 0.1) is 13.8 Å². The van der Waals surface area contributed by atoms with E-state index in [0.717, 1.165) is 31.2 Å². The second-order valence-corrected chi connectivity index (χ2v) is 5.18. The van der Waals surface area contributed by atoms with E-state index < -0.39 is 0 Å². The van der Waals surface area contributed by atoms with E-state index in [0.29, 0.717) is 0 Å². The molecule has 0 saturated heterocycles. The Morgan fingerprint density at radius 2 is 2.00 bits per heavy atom. The van der Waals surface area contributed by atoms with Crippen LogP contribution in [0.4, 0.5) is 5.69 Å². The molecule has 0 unspecified atom stereocenters. The van der Waals surface area contributed by atoms with Gasteiger partial charge in [0.05, 0.1) is 6.54 Å². The average Bonchev–Trinajstić information content (AvgIpc) is 2.76. The van der Waals surface area contributed by atoms with Crippen molar-refractivity contribution in [1.82, 2.24) is 5.32 Å². The molecule has 0 aliphatic rings. The van der Waals surface area contributed by atoms with E-state index in [1.54, 1.807) is 0 Å². The van der Waals surface area contributed by atoms with Gasteiger partial charge in [0.1, 0.15) is 11.5 Å². The molecule has 1 heterocycles. The fourth-order valence-electron chi connectivity index (χ4n) is 2.42. The van der Waals surface area contributed by atoms with E-state index in [9.17, 15) is 0 Å². The van der Waals surface area contributed by atoms with Crippen molar-refractivity contribution in [3.05, 3.63) is 53.0 Å². The lowest BCUT2D eigenvalue weighted by Crippen LogP contribution is -2.22. The van der Waals surface area contributed by atoms with Crippen LogP contribution in [0.25, 0.3) is 0 Å². The second-order valence-electron chi connectivity index (χ2n) is 5.18. The molecule has 1 aromatic heterocycles. The fraction of sp³-hybridized carbons (Fsp3) is 0.412. The molecule has 0 aliphatic carbocycles. The number of nitrogens with one attached hydrogen (secondary N) is 1. The largest absolute Gasteiger partial charge is 0.465 e. The number of nitrogens with zero attached hydrogens (tertiary/aromatic N) is 1. The lowest BCUT2D eigenvalue weighted by Gasteiger charge is -2.23. The number of furan rings is 1. The SMILES string of the molecule is CCN(Cc1cc(CNC)oc1C)c1cccc(C)c1. The van der Waals surface area contributed by atoms with Gasteiger partial charge < -0.3 is 14.6 Å². The summed E-state index contributed by atoms with van der Waals surface area (Å²) in [6, 6.07) is 10.8.